The van der Waals surface area contributed by atoms with Crippen molar-refractivity contribution in [1.29, 1.82) is 0 Å². The number of nitrogens with one attached hydrogen (secondary N) is 2. The largest absolute Gasteiger partial charge is 0.317 e. The maximum atomic E-state index is 12.4. The lowest BCUT2D eigenvalue weighted by Crippen LogP contribution is -2.32. The highest BCUT2D eigenvalue weighted by atomic mass is 35.5. The van der Waals surface area contributed by atoms with Crippen LogP contribution in [0.4, 0.5) is 5.00 Å². The van der Waals surface area contributed by atoms with Gasteiger partial charge in [-0.1, -0.05) is 6.92 Å². The number of thiophene rings is 1. The van der Waals surface area contributed by atoms with Gasteiger partial charge in [0.2, 0.25) is 5.91 Å². The van der Waals surface area contributed by atoms with Gasteiger partial charge in [0.15, 0.2) is 0 Å². The molecule has 2 N–H and O–H groups in total. The third-order valence-electron chi connectivity index (χ3n) is 5.38. The van der Waals surface area contributed by atoms with Gasteiger partial charge >= 0.3 is 0 Å². The van der Waals surface area contributed by atoms with Crippen molar-refractivity contribution in [3.05, 3.63) is 16.0 Å². The Hall–Kier alpha value is -0.580. The lowest BCUT2D eigenvalue weighted by molar-refractivity contribution is -0.117. The quantitative estimate of drug-likeness (QED) is 0.843. The standard InChI is InChI=1S/C18H28N2OS.ClH/c1-12(14-7-9-19-10-8-14)11-17(21)20-18-13(2)15-5-3-4-6-16(15)22-18;/h12,14,19H,3-11H2,1-2H3,(H,20,21);1H. The average Bonchev–Trinajstić information content (AvgIpc) is 2.84. The first-order valence-corrected chi connectivity index (χ1v) is 9.58. The summed E-state index contributed by atoms with van der Waals surface area (Å²) in [7, 11) is 0. The van der Waals surface area contributed by atoms with Crippen molar-refractivity contribution in [2.24, 2.45) is 11.8 Å². The van der Waals surface area contributed by atoms with E-state index in [0.717, 1.165) is 18.1 Å². The molecule has 1 aliphatic carbocycles. The average molecular weight is 357 g/mol. The number of piperidine rings is 1. The molecule has 5 heteroatoms. The fraction of sp³-hybridized carbons (Fsp3) is 0.722. The van der Waals surface area contributed by atoms with E-state index in [0.29, 0.717) is 18.3 Å². The summed E-state index contributed by atoms with van der Waals surface area (Å²) in [6.07, 6.45) is 8.06. The predicted octanol–water partition coefficient (Wildman–Crippen LogP) is 4.32. The van der Waals surface area contributed by atoms with Crippen molar-refractivity contribution in [3.8, 4) is 0 Å². The fourth-order valence-electron chi connectivity index (χ4n) is 3.89. The van der Waals surface area contributed by atoms with Crippen LogP contribution in [-0.4, -0.2) is 19.0 Å². The summed E-state index contributed by atoms with van der Waals surface area (Å²) in [5, 5.41) is 7.71. The zero-order valence-electron chi connectivity index (χ0n) is 14.2. The molecule has 1 aliphatic heterocycles. The molecule has 23 heavy (non-hydrogen) atoms. The number of hydrogen-bond donors (Lipinski definition) is 2. The van der Waals surface area contributed by atoms with Gasteiger partial charge in [-0.05, 0) is 81.5 Å². The van der Waals surface area contributed by atoms with Gasteiger partial charge in [-0.25, -0.2) is 0 Å². The monoisotopic (exact) mass is 356 g/mol. The molecule has 0 aromatic carbocycles. The predicted molar refractivity (Wildman–Crippen MR) is 101 cm³/mol. The first kappa shape index (κ1) is 18.8. The van der Waals surface area contributed by atoms with E-state index in [-0.39, 0.29) is 18.3 Å². The zero-order chi connectivity index (χ0) is 15.5. The summed E-state index contributed by atoms with van der Waals surface area (Å²) in [4.78, 5) is 13.9. The van der Waals surface area contributed by atoms with Gasteiger partial charge in [0.05, 0.1) is 5.00 Å². The number of carbonyl (C=O) groups is 1. The number of halogens is 1. The topological polar surface area (TPSA) is 41.1 Å². The van der Waals surface area contributed by atoms with Crippen LogP contribution in [0.1, 0.15) is 55.0 Å². The van der Waals surface area contributed by atoms with Crippen LogP contribution in [0.25, 0.3) is 0 Å². The van der Waals surface area contributed by atoms with Crippen LogP contribution in [0.3, 0.4) is 0 Å². The summed E-state index contributed by atoms with van der Waals surface area (Å²) >= 11 is 1.81. The number of fused-ring (bicyclic) bond motifs is 1. The second-order valence-corrected chi connectivity index (χ2v) is 8.09. The van der Waals surface area contributed by atoms with E-state index in [1.165, 1.54) is 54.5 Å². The van der Waals surface area contributed by atoms with Crippen molar-refractivity contribution in [2.75, 3.05) is 18.4 Å². The number of rotatable bonds is 4. The first-order chi connectivity index (χ1) is 10.6. The molecule has 3 rings (SSSR count). The third-order valence-corrected chi connectivity index (χ3v) is 6.69. The number of amides is 1. The minimum atomic E-state index is 0. The highest BCUT2D eigenvalue weighted by Crippen LogP contribution is 2.37. The minimum Gasteiger partial charge on any atom is -0.317 e. The Labute approximate surface area is 150 Å². The molecular formula is C18H29ClN2OS. The highest BCUT2D eigenvalue weighted by Gasteiger charge is 2.23. The van der Waals surface area contributed by atoms with Crippen LogP contribution in [0, 0.1) is 18.8 Å². The van der Waals surface area contributed by atoms with Crippen LogP contribution in [-0.2, 0) is 17.6 Å². The molecule has 2 aliphatic rings. The molecule has 1 amide bonds. The van der Waals surface area contributed by atoms with Crippen LogP contribution < -0.4 is 10.6 Å². The van der Waals surface area contributed by atoms with Crippen molar-refractivity contribution < 1.29 is 4.79 Å². The molecule has 1 aromatic rings. The summed E-state index contributed by atoms with van der Waals surface area (Å²) < 4.78 is 0. The van der Waals surface area contributed by atoms with E-state index in [2.05, 4.69) is 24.5 Å². The lowest BCUT2D eigenvalue weighted by atomic mass is 9.84. The molecule has 2 heterocycles. The van der Waals surface area contributed by atoms with E-state index in [4.69, 9.17) is 0 Å². The van der Waals surface area contributed by atoms with Crippen LogP contribution in [0.5, 0.6) is 0 Å². The number of carbonyl (C=O) groups excluding carboxylic acids is 1. The van der Waals surface area contributed by atoms with Crippen LogP contribution >= 0.6 is 23.7 Å². The second-order valence-electron chi connectivity index (χ2n) is 6.98. The Kier molecular flexibility index (Phi) is 6.93. The molecule has 1 fully saturated rings. The molecule has 3 nitrogen and oxygen atoms in total. The summed E-state index contributed by atoms with van der Waals surface area (Å²) in [5.74, 6) is 1.38. The van der Waals surface area contributed by atoms with E-state index < -0.39 is 0 Å². The van der Waals surface area contributed by atoms with Crippen molar-refractivity contribution >= 4 is 34.7 Å². The van der Waals surface area contributed by atoms with E-state index >= 15 is 0 Å². The second kappa shape index (κ2) is 8.50. The van der Waals surface area contributed by atoms with Gasteiger partial charge in [-0.15, -0.1) is 23.7 Å². The van der Waals surface area contributed by atoms with Gasteiger partial charge in [0.25, 0.3) is 0 Å². The van der Waals surface area contributed by atoms with Gasteiger partial charge in [-0.2, -0.15) is 0 Å². The SMILES string of the molecule is Cc1c(NC(=O)CC(C)C2CCNCC2)sc2c1CCCC2.Cl. The molecule has 0 radical (unpaired) electrons. The van der Waals surface area contributed by atoms with E-state index in [1.807, 2.05) is 11.3 Å². The fourth-order valence-corrected chi connectivity index (χ4v) is 5.21. The summed E-state index contributed by atoms with van der Waals surface area (Å²) in [5.41, 5.74) is 2.83. The molecule has 0 saturated carbocycles. The summed E-state index contributed by atoms with van der Waals surface area (Å²) in [6.45, 7) is 6.62. The van der Waals surface area contributed by atoms with Crippen LogP contribution in [0.15, 0.2) is 0 Å². The lowest BCUT2D eigenvalue weighted by Gasteiger charge is -2.27. The highest BCUT2D eigenvalue weighted by molar-refractivity contribution is 7.16. The Balaban J connectivity index is 0.00000192. The zero-order valence-corrected chi connectivity index (χ0v) is 15.9. The van der Waals surface area contributed by atoms with Gasteiger partial charge in [0.1, 0.15) is 0 Å². The minimum absolute atomic E-state index is 0. The van der Waals surface area contributed by atoms with Gasteiger partial charge in [0, 0.05) is 11.3 Å². The number of aryl methyl sites for hydroxylation is 1. The normalized spacial score (nSPS) is 19.6. The van der Waals surface area contributed by atoms with Crippen molar-refractivity contribution in [1.82, 2.24) is 5.32 Å². The molecule has 1 unspecified atom stereocenters. The maximum absolute atomic E-state index is 12.4. The van der Waals surface area contributed by atoms with Crippen molar-refractivity contribution in [2.45, 2.75) is 58.8 Å². The molecule has 0 spiro atoms. The molecular weight excluding hydrogens is 328 g/mol. The molecule has 1 saturated heterocycles. The Morgan fingerprint density at radius 1 is 1.30 bits per heavy atom. The van der Waals surface area contributed by atoms with Crippen LogP contribution in [0.2, 0.25) is 0 Å². The molecule has 1 aromatic heterocycles. The number of anilines is 1. The van der Waals surface area contributed by atoms with Gasteiger partial charge < -0.3 is 10.6 Å². The summed E-state index contributed by atoms with van der Waals surface area (Å²) in [6, 6.07) is 0. The third kappa shape index (κ3) is 4.49. The molecule has 130 valence electrons. The van der Waals surface area contributed by atoms with Gasteiger partial charge in [-0.3, -0.25) is 4.79 Å². The van der Waals surface area contributed by atoms with Crippen molar-refractivity contribution in [3.63, 3.8) is 0 Å². The molecule has 1 atom stereocenters. The Bertz CT molecular complexity index is 537. The number of hydrogen-bond acceptors (Lipinski definition) is 3. The first-order valence-electron chi connectivity index (χ1n) is 8.77. The molecule has 0 bridgehead atoms. The van der Waals surface area contributed by atoms with E-state index in [9.17, 15) is 4.79 Å². The maximum Gasteiger partial charge on any atom is 0.225 e. The smallest absolute Gasteiger partial charge is 0.225 e. The Morgan fingerprint density at radius 3 is 2.70 bits per heavy atom. The Morgan fingerprint density at radius 2 is 2.00 bits per heavy atom. The van der Waals surface area contributed by atoms with E-state index in [1.54, 1.807) is 0 Å².